The monoisotopic (exact) mass is 285 g/mol. The molecule has 0 saturated carbocycles. The molecule has 0 aliphatic rings. The zero-order chi connectivity index (χ0) is 14.9. The van der Waals surface area contributed by atoms with Crippen molar-refractivity contribution in [3.8, 4) is 11.5 Å². The molecule has 21 heavy (non-hydrogen) atoms. The lowest BCUT2D eigenvalue weighted by molar-refractivity contribution is 0.118. The molecule has 2 aromatic rings. The van der Waals surface area contributed by atoms with Crippen LogP contribution in [-0.4, -0.2) is 20.8 Å². The van der Waals surface area contributed by atoms with E-state index in [1.54, 1.807) is 20.3 Å². The fourth-order valence-corrected chi connectivity index (χ4v) is 2.21. The van der Waals surface area contributed by atoms with Crippen molar-refractivity contribution in [1.29, 1.82) is 0 Å². The molecule has 0 N–H and O–H groups in total. The predicted octanol–water partition coefficient (Wildman–Crippen LogP) is 3.65. The van der Waals surface area contributed by atoms with Gasteiger partial charge in [-0.25, -0.2) is 0 Å². The number of benzene rings is 2. The molecule has 0 saturated heterocycles. The second-order valence-electron chi connectivity index (χ2n) is 4.72. The summed E-state index contributed by atoms with van der Waals surface area (Å²) in [7, 11) is 3.30. The number of hydrogen-bond donors (Lipinski definition) is 0. The fourth-order valence-electron chi connectivity index (χ4n) is 2.21. The van der Waals surface area contributed by atoms with E-state index in [2.05, 4.69) is 18.2 Å². The molecule has 0 aliphatic heterocycles. The molecule has 0 unspecified atom stereocenters. The van der Waals surface area contributed by atoms with E-state index in [0.29, 0.717) is 6.61 Å². The van der Waals surface area contributed by atoms with Crippen LogP contribution in [0.3, 0.4) is 0 Å². The van der Waals surface area contributed by atoms with Crippen LogP contribution in [0.1, 0.15) is 17.5 Å². The third-order valence-corrected chi connectivity index (χ3v) is 3.26. The quantitative estimate of drug-likeness (QED) is 0.693. The van der Waals surface area contributed by atoms with E-state index in [4.69, 9.17) is 14.2 Å². The van der Waals surface area contributed by atoms with Gasteiger partial charge in [0.25, 0.3) is 0 Å². The summed E-state index contributed by atoms with van der Waals surface area (Å²) < 4.78 is 16.4. The van der Waals surface area contributed by atoms with Crippen LogP contribution < -0.4 is 9.47 Å². The number of methoxy groups -OCH3 is 2. The molecule has 0 atom stereocenters. The van der Waals surface area contributed by atoms with Crippen LogP contribution in [0.5, 0.6) is 11.5 Å². The van der Waals surface area contributed by atoms with E-state index >= 15 is 0 Å². The average molecular weight is 285 g/mol. The van der Waals surface area contributed by atoms with Crippen LogP contribution in [0, 0.1) is 6.07 Å². The topological polar surface area (TPSA) is 27.7 Å². The molecule has 0 amide bonds. The summed E-state index contributed by atoms with van der Waals surface area (Å²) in [6, 6.07) is 17.0. The number of rotatable bonds is 8. The Balaban J connectivity index is 1.78. The Hall–Kier alpha value is -2.00. The third-order valence-electron chi connectivity index (χ3n) is 3.26. The lowest BCUT2D eigenvalue weighted by Crippen LogP contribution is -2.00. The smallest absolute Gasteiger partial charge is 0.163 e. The van der Waals surface area contributed by atoms with E-state index < -0.39 is 0 Å². The Morgan fingerprint density at radius 2 is 1.81 bits per heavy atom. The van der Waals surface area contributed by atoms with Crippen LogP contribution in [0.4, 0.5) is 0 Å². The first kappa shape index (κ1) is 15.4. The standard InChI is InChI=1S/C18H21O3/c1-19-17-12-6-10-16(18(17)20-2)11-7-13-21-14-15-8-4-3-5-9-15/h3-5,8-10,12H,7,11,13-14H2,1-2H3. The Labute approximate surface area is 126 Å². The van der Waals surface area contributed by atoms with Crippen molar-refractivity contribution in [1.82, 2.24) is 0 Å². The lowest BCUT2D eigenvalue weighted by Gasteiger charge is -2.12. The van der Waals surface area contributed by atoms with Gasteiger partial charge in [0.2, 0.25) is 0 Å². The van der Waals surface area contributed by atoms with Gasteiger partial charge in [0.1, 0.15) is 0 Å². The van der Waals surface area contributed by atoms with Gasteiger partial charge in [-0.05, 0) is 42.2 Å². The summed E-state index contributed by atoms with van der Waals surface area (Å²) in [6.45, 7) is 1.37. The number of ether oxygens (including phenoxy) is 3. The first-order chi connectivity index (χ1) is 10.3. The molecule has 111 valence electrons. The van der Waals surface area contributed by atoms with Crippen molar-refractivity contribution >= 4 is 0 Å². The largest absolute Gasteiger partial charge is 0.493 e. The summed E-state index contributed by atoms with van der Waals surface area (Å²) in [5.74, 6) is 1.51. The van der Waals surface area contributed by atoms with Crippen molar-refractivity contribution in [2.45, 2.75) is 19.4 Å². The zero-order valence-corrected chi connectivity index (χ0v) is 12.6. The highest BCUT2D eigenvalue weighted by Crippen LogP contribution is 2.31. The summed E-state index contributed by atoms with van der Waals surface area (Å²) in [5, 5.41) is 0. The van der Waals surface area contributed by atoms with Gasteiger partial charge < -0.3 is 14.2 Å². The lowest BCUT2D eigenvalue weighted by atomic mass is 10.1. The van der Waals surface area contributed by atoms with Crippen LogP contribution in [0.15, 0.2) is 42.5 Å². The van der Waals surface area contributed by atoms with Crippen LogP contribution in [0.2, 0.25) is 0 Å². The summed E-state index contributed by atoms with van der Waals surface area (Å²) in [5.41, 5.74) is 2.30. The number of hydrogen-bond acceptors (Lipinski definition) is 3. The van der Waals surface area contributed by atoms with Gasteiger partial charge in [-0.1, -0.05) is 30.3 Å². The SMILES string of the molecule is COc1c[c]cc(CCCOCc2ccccc2)c1OC. The molecule has 0 heterocycles. The van der Waals surface area contributed by atoms with E-state index in [9.17, 15) is 0 Å². The molecular formula is C18H21O3. The molecule has 1 radical (unpaired) electrons. The minimum absolute atomic E-state index is 0.655. The maximum Gasteiger partial charge on any atom is 0.163 e. The molecule has 0 fully saturated rings. The van der Waals surface area contributed by atoms with E-state index in [1.165, 1.54) is 5.56 Å². The van der Waals surface area contributed by atoms with Crippen molar-refractivity contribution < 1.29 is 14.2 Å². The summed E-state index contributed by atoms with van der Waals surface area (Å²) >= 11 is 0. The maximum absolute atomic E-state index is 5.69. The van der Waals surface area contributed by atoms with Crippen molar-refractivity contribution in [3.63, 3.8) is 0 Å². The highest BCUT2D eigenvalue weighted by molar-refractivity contribution is 5.46. The molecule has 3 nitrogen and oxygen atoms in total. The first-order valence-electron chi connectivity index (χ1n) is 7.07. The second kappa shape index (κ2) is 8.32. The number of aryl methyl sites for hydroxylation is 1. The highest BCUT2D eigenvalue weighted by Gasteiger charge is 2.08. The van der Waals surface area contributed by atoms with Gasteiger partial charge in [-0.15, -0.1) is 0 Å². The molecular weight excluding hydrogens is 264 g/mol. The van der Waals surface area contributed by atoms with E-state index in [0.717, 1.165) is 36.5 Å². The molecule has 3 heteroatoms. The molecule has 0 aliphatic carbocycles. The molecule has 0 bridgehead atoms. The fraction of sp³-hybridized carbons (Fsp3) is 0.333. The second-order valence-corrected chi connectivity index (χ2v) is 4.72. The van der Waals surface area contributed by atoms with Crippen molar-refractivity contribution in [2.75, 3.05) is 20.8 Å². The summed E-state index contributed by atoms with van der Waals surface area (Å²) in [4.78, 5) is 0. The van der Waals surface area contributed by atoms with Gasteiger partial charge in [-0.3, -0.25) is 0 Å². The van der Waals surface area contributed by atoms with Crippen LogP contribution >= 0.6 is 0 Å². The Morgan fingerprint density at radius 3 is 2.52 bits per heavy atom. The molecule has 2 rings (SSSR count). The minimum Gasteiger partial charge on any atom is -0.493 e. The zero-order valence-electron chi connectivity index (χ0n) is 12.6. The van der Waals surface area contributed by atoms with E-state index in [1.807, 2.05) is 24.3 Å². The minimum atomic E-state index is 0.655. The average Bonchev–Trinajstić information content (AvgIpc) is 2.55. The van der Waals surface area contributed by atoms with Gasteiger partial charge in [0.15, 0.2) is 11.5 Å². The van der Waals surface area contributed by atoms with Gasteiger partial charge in [0, 0.05) is 6.61 Å². The van der Waals surface area contributed by atoms with Gasteiger partial charge in [-0.2, -0.15) is 0 Å². The van der Waals surface area contributed by atoms with Crippen molar-refractivity contribution in [3.05, 3.63) is 59.7 Å². The van der Waals surface area contributed by atoms with Crippen LogP contribution in [0.25, 0.3) is 0 Å². The van der Waals surface area contributed by atoms with Gasteiger partial charge in [0.05, 0.1) is 20.8 Å². The maximum atomic E-state index is 5.69. The van der Waals surface area contributed by atoms with Crippen LogP contribution in [-0.2, 0) is 17.8 Å². The Bertz CT molecular complexity index is 537. The molecule has 2 aromatic carbocycles. The van der Waals surface area contributed by atoms with Crippen molar-refractivity contribution in [2.24, 2.45) is 0 Å². The van der Waals surface area contributed by atoms with Gasteiger partial charge >= 0.3 is 0 Å². The molecule has 0 aromatic heterocycles. The summed E-state index contributed by atoms with van der Waals surface area (Å²) in [6.07, 6.45) is 1.82. The first-order valence-corrected chi connectivity index (χ1v) is 7.07. The highest BCUT2D eigenvalue weighted by atomic mass is 16.5. The Morgan fingerprint density at radius 1 is 1.00 bits per heavy atom. The third kappa shape index (κ3) is 4.50. The van der Waals surface area contributed by atoms with E-state index in [-0.39, 0.29) is 0 Å². The normalized spacial score (nSPS) is 10.4. The predicted molar refractivity (Wildman–Crippen MR) is 82.8 cm³/mol. The molecule has 0 spiro atoms. The Kier molecular flexibility index (Phi) is 6.10.